The molecule has 0 radical (unpaired) electrons. The standard InChI is InChI=1S/C6H9N2O3P/c9-12(10)11-8-7-6-4-2-1-3-5-6/h1-5,7-10H. The molecular formula is C6H9N2O3P. The summed E-state index contributed by atoms with van der Waals surface area (Å²) in [5.74, 6) is 0. The Morgan fingerprint density at radius 2 is 1.83 bits per heavy atom. The van der Waals surface area contributed by atoms with E-state index in [1.165, 1.54) is 0 Å². The van der Waals surface area contributed by atoms with Gasteiger partial charge < -0.3 is 9.79 Å². The van der Waals surface area contributed by atoms with Gasteiger partial charge in [-0.25, -0.2) is 4.62 Å². The van der Waals surface area contributed by atoms with E-state index in [2.05, 4.69) is 15.6 Å². The Hall–Kier alpha value is -0.710. The van der Waals surface area contributed by atoms with E-state index in [-0.39, 0.29) is 0 Å². The lowest BCUT2D eigenvalue weighted by atomic mass is 10.3. The van der Waals surface area contributed by atoms with Crippen LogP contribution < -0.4 is 11.0 Å². The molecule has 4 N–H and O–H groups in total. The van der Waals surface area contributed by atoms with Gasteiger partial charge in [0.15, 0.2) is 0 Å². The van der Waals surface area contributed by atoms with Crippen molar-refractivity contribution in [1.82, 2.24) is 5.59 Å². The molecule has 12 heavy (non-hydrogen) atoms. The molecule has 0 bridgehead atoms. The number of nitrogens with one attached hydrogen (secondary N) is 2. The number of hydrogen-bond acceptors (Lipinski definition) is 5. The zero-order chi connectivity index (χ0) is 8.81. The van der Waals surface area contributed by atoms with Gasteiger partial charge in [-0.15, -0.1) is 5.59 Å². The fraction of sp³-hybridized carbons (Fsp3) is 0. The highest BCUT2D eigenvalue weighted by Crippen LogP contribution is 2.21. The Morgan fingerprint density at radius 1 is 1.17 bits per heavy atom. The van der Waals surface area contributed by atoms with Crippen molar-refractivity contribution in [1.29, 1.82) is 0 Å². The maximum Gasteiger partial charge on any atom is 0.346 e. The lowest BCUT2D eigenvalue weighted by Crippen LogP contribution is -2.19. The van der Waals surface area contributed by atoms with E-state index in [1.54, 1.807) is 12.1 Å². The van der Waals surface area contributed by atoms with Gasteiger partial charge in [0.1, 0.15) is 0 Å². The van der Waals surface area contributed by atoms with Crippen molar-refractivity contribution in [2.45, 2.75) is 0 Å². The van der Waals surface area contributed by atoms with E-state index in [1.807, 2.05) is 18.2 Å². The highest BCUT2D eigenvalue weighted by Gasteiger charge is 1.96. The monoisotopic (exact) mass is 188 g/mol. The smallest absolute Gasteiger partial charge is 0.327 e. The Labute approximate surface area is 70.9 Å². The molecule has 66 valence electrons. The van der Waals surface area contributed by atoms with E-state index in [9.17, 15) is 0 Å². The van der Waals surface area contributed by atoms with Crippen molar-refractivity contribution in [3.05, 3.63) is 30.3 Å². The fourth-order valence-electron chi connectivity index (χ4n) is 0.644. The van der Waals surface area contributed by atoms with E-state index in [4.69, 9.17) is 9.79 Å². The Balaban J connectivity index is 2.25. The number of rotatable bonds is 4. The Kier molecular flexibility index (Phi) is 3.93. The average molecular weight is 188 g/mol. The first-order valence-electron chi connectivity index (χ1n) is 3.20. The van der Waals surface area contributed by atoms with Crippen LogP contribution in [0.25, 0.3) is 0 Å². The van der Waals surface area contributed by atoms with Gasteiger partial charge in [-0.2, -0.15) is 0 Å². The summed E-state index contributed by atoms with van der Waals surface area (Å²) in [6.45, 7) is 0. The highest BCUT2D eigenvalue weighted by atomic mass is 31.2. The molecule has 1 aromatic carbocycles. The van der Waals surface area contributed by atoms with Crippen LogP contribution in [0.5, 0.6) is 0 Å². The first kappa shape index (κ1) is 9.38. The van der Waals surface area contributed by atoms with Crippen molar-refractivity contribution < 1.29 is 14.4 Å². The van der Waals surface area contributed by atoms with Gasteiger partial charge in [-0.3, -0.25) is 5.43 Å². The SMILES string of the molecule is OP(O)ONNc1ccccc1. The van der Waals surface area contributed by atoms with Gasteiger partial charge >= 0.3 is 8.60 Å². The van der Waals surface area contributed by atoms with Gasteiger partial charge in [0.25, 0.3) is 0 Å². The van der Waals surface area contributed by atoms with Crippen molar-refractivity contribution in [2.75, 3.05) is 5.43 Å². The Bertz CT molecular complexity index is 219. The van der Waals surface area contributed by atoms with E-state index >= 15 is 0 Å². The molecular weight excluding hydrogens is 179 g/mol. The number of hydrogen-bond donors (Lipinski definition) is 4. The van der Waals surface area contributed by atoms with Crippen LogP contribution in [-0.2, 0) is 4.62 Å². The summed E-state index contributed by atoms with van der Waals surface area (Å²) in [6.07, 6.45) is 0. The van der Waals surface area contributed by atoms with Crippen LogP contribution in [-0.4, -0.2) is 9.79 Å². The molecule has 0 saturated carbocycles. The van der Waals surface area contributed by atoms with E-state index in [0.29, 0.717) is 0 Å². The molecule has 0 fully saturated rings. The molecule has 0 unspecified atom stereocenters. The molecule has 0 aliphatic rings. The second-order valence-corrected chi connectivity index (χ2v) is 2.63. The second kappa shape index (κ2) is 5.03. The highest BCUT2D eigenvalue weighted by molar-refractivity contribution is 7.39. The van der Waals surface area contributed by atoms with Crippen LogP contribution >= 0.6 is 8.60 Å². The third-order valence-corrected chi connectivity index (χ3v) is 1.35. The predicted octanol–water partition coefficient (Wildman–Crippen LogP) is 0.746. The average Bonchev–Trinajstić information content (AvgIpc) is 2.05. The minimum Gasteiger partial charge on any atom is -0.327 e. The number of benzene rings is 1. The van der Waals surface area contributed by atoms with Crippen LogP contribution in [0, 0.1) is 0 Å². The molecule has 0 aliphatic heterocycles. The first-order valence-corrected chi connectivity index (χ1v) is 4.36. The molecule has 5 nitrogen and oxygen atoms in total. The number of hydrazine groups is 1. The normalized spacial score (nSPS) is 10.2. The van der Waals surface area contributed by atoms with Crippen molar-refractivity contribution in [3.8, 4) is 0 Å². The summed E-state index contributed by atoms with van der Waals surface area (Å²) in [5, 5.41) is 0. The molecule has 0 heterocycles. The summed E-state index contributed by atoms with van der Waals surface area (Å²) < 4.78 is 4.26. The molecule has 0 spiro atoms. The van der Waals surface area contributed by atoms with Crippen LogP contribution in [0.1, 0.15) is 0 Å². The molecule has 0 saturated heterocycles. The predicted molar refractivity (Wildman–Crippen MR) is 45.6 cm³/mol. The molecule has 1 aromatic rings. The van der Waals surface area contributed by atoms with Crippen molar-refractivity contribution in [2.24, 2.45) is 0 Å². The van der Waals surface area contributed by atoms with Crippen molar-refractivity contribution in [3.63, 3.8) is 0 Å². The molecule has 0 aliphatic carbocycles. The van der Waals surface area contributed by atoms with Crippen LogP contribution in [0.2, 0.25) is 0 Å². The van der Waals surface area contributed by atoms with Gasteiger partial charge in [-0.1, -0.05) is 18.2 Å². The zero-order valence-electron chi connectivity index (χ0n) is 6.14. The maximum absolute atomic E-state index is 8.33. The van der Waals surface area contributed by atoms with Crippen LogP contribution in [0.3, 0.4) is 0 Å². The Morgan fingerprint density at radius 3 is 2.42 bits per heavy atom. The molecule has 6 heteroatoms. The summed E-state index contributed by atoms with van der Waals surface area (Å²) in [4.78, 5) is 16.7. The minimum absolute atomic E-state index is 0.773. The first-order chi connectivity index (χ1) is 5.79. The summed E-state index contributed by atoms with van der Waals surface area (Å²) in [5.41, 5.74) is 5.55. The van der Waals surface area contributed by atoms with Crippen LogP contribution in [0.15, 0.2) is 30.3 Å². The van der Waals surface area contributed by atoms with Gasteiger partial charge in [-0.05, 0) is 12.1 Å². The third kappa shape index (κ3) is 3.61. The number of anilines is 1. The lowest BCUT2D eigenvalue weighted by molar-refractivity contribution is 0.183. The largest absolute Gasteiger partial charge is 0.346 e. The summed E-state index contributed by atoms with van der Waals surface area (Å²) in [6, 6.07) is 9.15. The molecule has 0 aromatic heterocycles. The van der Waals surface area contributed by atoms with Gasteiger partial charge in [0.05, 0.1) is 5.69 Å². The molecule has 1 rings (SSSR count). The lowest BCUT2D eigenvalue weighted by Gasteiger charge is -2.07. The molecule has 0 atom stereocenters. The molecule has 0 amide bonds. The van der Waals surface area contributed by atoms with E-state index < -0.39 is 8.60 Å². The topological polar surface area (TPSA) is 73.8 Å². The van der Waals surface area contributed by atoms with Gasteiger partial charge in [0, 0.05) is 0 Å². The third-order valence-electron chi connectivity index (χ3n) is 1.10. The maximum atomic E-state index is 8.33. The van der Waals surface area contributed by atoms with Crippen LogP contribution in [0.4, 0.5) is 5.69 Å². The quantitative estimate of drug-likeness (QED) is 0.414. The summed E-state index contributed by atoms with van der Waals surface area (Å²) in [7, 11) is -2.37. The van der Waals surface area contributed by atoms with Crippen molar-refractivity contribution >= 4 is 14.3 Å². The van der Waals surface area contributed by atoms with Gasteiger partial charge in [0.2, 0.25) is 0 Å². The number of para-hydroxylation sites is 1. The zero-order valence-corrected chi connectivity index (χ0v) is 7.03. The van der Waals surface area contributed by atoms with E-state index in [0.717, 1.165) is 5.69 Å². The fourth-order valence-corrected chi connectivity index (χ4v) is 0.771. The second-order valence-electron chi connectivity index (χ2n) is 1.94. The summed E-state index contributed by atoms with van der Waals surface area (Å²) >= 11 is 0. The minimum atomic E-state index is -2.37.